The van der Waals surface area contributed by atoms with Gasteiger partial charge in [0.1, 0.15) is 5.82 Å². The van der Waals surface area contributed by atoms with Crippen molar-refractivity contribution in [2.75, 3.05) is 10.6 Å². The van der Waals surface area contributed by atoms with Crippen LogP contribution in [0.5, 0.6) is 0 Å². The van der Waals surface area contributed by atoms with Gasteiger partial charge in [-0.25, -0.2) is 9.19 Å². The third kappa shape index (κ3) is 5.92. The predicted molar refractivity (Wildman–Crippen MR) is 146 cm³/mol. The SMILES string of the molecule is C=S(N)(=O)c1ccccc1-c1ccc(C(=O)Nc2ccc(Cl)cc2C(=O)Nc2ccc(Cl)cn2)cc1. The van der Waals surface area contributed by atoms with Gasteiger partial charge in [-0.1, -0.05) is 53.5 Å². The number of nitrogens with zero attached hydrogens (tertiary/aromatic N) is 1. The Kier molecular flexibility index (Phi) is 7.42. The maximum atomic E-state index is 13.0. The maximum Gasteiger partial charge on any atom is 0.258 e. The first-order chi connectivity index (χ1) is 17.1. The molecule has 4 N–H and O–H groups in total. The van der Waals surface area contributed by atoms with Crippen LogP contribution in [0.3, 0.4) is 0 Å². The van der Waals surface area contributed by atoms with Crippen LogP contribution >= 0.6 is 23.2 Å². The molecule has 1 unspecified atom stereocenters. The Labute approximate surface area is 218 Å². The zero-order chi connectivity index (χ0) is 25.9. The van der Waals surface area contributed by atoms with Gasteiger partial charge in [0.15, 0.2) is 0 Å². The van der Waals surface area contributed by atoms with Gasteiger partial charge in [-0.3, -0.25) is 14.7 Å². The van der Waals surface area contributed by atoms with E-state index in [1.54, 1.807) is 72.8 Å². The summed E-state index contributed by atoms with van der Waals surface area (Å²) in [5.41, 5.74) is 2.17. The monoisotopic (exact) mass is 538 g/mol. The second-order valence-corrected chi connectivity index (χ2v) is 10.5. The molecule has 0 radical (unpaired) electrons. The van der Waals surface area contributed by atoms with Crippen molar-refractivity contribution in [3.05, 3.63) is 106 Å². The number of aromatic nitrogens is 1. The molecule has 1 aromatic heterocycles. The maximum absolute atomic E-state index is 13.0. The minimum absolute atomic E-state index is 0.159. The van der Waals surface area contributed by atoms with Gasteiger partial charge >= 0.3 is 0 Å². The second-order valence-electron chi connectivity index (χ2n) is 7.76. The lowest BCUT2D eigenvalue weighted by molar-refractivity contribution is 0.102. The molecule has 4 aromatic rings. The first-order valence-corrected chi connectivity index (χ1v) is 13.0. The normalized spacial score (nSPS) is 12.4. The molecule has 0 saturated heterocycles. The van der Waals surface area contributed by atoms with E-state index in [1.165, 1.54) is 12.3 Å². The number of nitrogens with two attached hydrogens (primary N) is 1. The van der Waals surface area contributed by atoms with Crippen molar-refractivity contribution in [2.45, 2.75) is 4.90 Å². The molecule has 0 aliphatic heterocycles. The Balaban J connectivity index is 1.56. The van der Waals surface area contributed by atoms with Gasteiger partial charge < -0.3 is 10.6 Å². The van der Waals surface area contributed by atoms with Crippen molar-refractivity contribution in [3.63, 3.8) is 0 Å². The van der Waals surface area contributed by atoms with Crippen molar-refractivity contribution < 1.29 is 13.8 Å². The summed E-state index contributed by atoms with van der Waals surface area (Å²) in [6.45, 7) is 0. The molecular weight excluding hydrogens is 519 g/mol. The predicted octanol–water partition coefficient (Wildman–Crippen LogP) is 5.51. The molecule has 10 heteroatoms. The molecule has 2 amide bonds. The lowest BCUT2D eigenvalue weighted by Crippen LogP contribution is -2.18. The molecule has 7 nitrogen and oxygen atoms in total. The van der Waals surface area contributed by atoms with Gasteiger partial charge in [-0.2, -0.15) is 0 Å². The number of nitrogens with one attached hydrogen (secondary N) is 2. The van der Waals surface area contributed by atoms with Crippen LogP contribution in [0.25, 0.3) is 11.1 Å². The minimum Gasteiger partial charge on any atom is -0.321 e. The van der Waals surface area contributed by atoms with Crippen molar-refractivity contribution in [2.24, 2.45) is 5.14 Å². The number of halogens is 2. The third-order valence-corrected chi connectivity index (χ3v) is 6.72. The van der Waals surface area contributed by atoms with Crippen LogP contribution in [0.15, 0.2) is 90.0 Å². The summed E-state index contributed by atoms with van der Waals surface area (Å²) in [6, 6.07) is 21.4. The molecule has 0 saturated carbocycles. The van der Waals surface area contributed by atoms with E-state index in [2.05, 4.69) is 21.5 Å². The first-order valence-electron chi connectivity index (χ1n) is 10.5. The van der Waals surface area contributed by atoms with Gasteiger partial charge in [0.2, 0.25) is 0 Å². The van der Waals surface area contributed by atoms with E-state index in [4.69, 9.17) is 28.3 Å². The van der Waals surface area contributed by atoms with Gasteiger partial charge in [0.25, 0.3) is 11.8 Å². The largest absolute Gasteiger partial charge is 0.321 e. The van der Waals surface area contributed by atoms with Crippen LogP contribution in [-0.4, -0.2) is 26.9 Å². The summed E-state index contributed by atoms with van der Waals surface area (Å²) in [5.74, 6) is 2.92. The molecule has 0 aliphatic rings. The molecular formula is C26H20Cl2N4O3S. The van der Waals surface area contributed by atoms with E-state index in [1.807, 2.05) is 0 Å². The lowest BCUT2D eigenvalue weighted by atomic mass is 10.0. The number of benzene rings is 3. The van der Waals surface area contributed by atoms with Crippen molar-refractivity contribution in [3.8, 4) is 11.1 Å². The average Bonchev–Trinajstić information content (AvgIpc) is 2.86. The highest BCUT2D eigenvalue weighted by atomic mass is 35.5. The fourth-order valence-corrected chi connectivity index (χ4v) is 4.60. The van der Waals surface area contributed by atoms with Crippen molar-refractivity contribution in [1.29, 1.82) is 0 Å². The Morgan fingerprint density at radius 2 is 1.56 bits per heavy atom. The van der Waals surface area contributed by atoms with Crippen molar-refractivity contribution >= 4 is 62.1 Å². The molecule has 0 fully saturated rings. The molecule has 0 aliphatic carbocycles. The smallest absolute Gasteiger partial charge is 0.258 e. The summed E-state index contributed by atoms with van der Waals surface area (Å²) in [6.07, 6.45) is 1.41. The minimum atomic E-state index is -2.93. The summed E-state index contributed by atoms with van der Waals surface area (Å²) in [5, 5.41) is 11.9. The van der Waals surface area contributed by atoms with Gasteiger partial charge in [0, 0.05) is 16.8 Å². The van der Waals surface area contributed by atoms with Crippen LogP contribution < -0.4 is 15.8 Å². The molecule has 1 heterocycles. The number of carbonyl (C=O) groups excluding carboxylic acids is 2. The summed E-state index contributed by atoms with van der Waals surface area (Å²) in [4.78, 5) is 30.3. The standard InChI is InChI=1S/C26H20Cl2N4O3S/c1-36(29,35)23-5-3-2-4-20(23)16-6-8-17(9-7-16)25(33)31-22-12-10-18(27)14-21(22)26(34)32-24-13-11-19(28)15-30-24/h2-15H,1H2,(H2,29,35)(H,31,33)(H,30,32,34). The fourth-order valence-electron chi connectivity index (χ4n) is 3.45. The van der Waals surface area contributed by atoms with Crippen LogP contribution in [0, 0.1) is 0 Å². The van der Waals surface area contributed by atoms with Crippen LogP contribution in [0.4, 0.5) is 11.5 Å². The number of carbonyl (C=O) groups is 2. The van der Waals surface area contributed by atoms with Crippen LogP contribution in [0.2, 0.25) is 10.0 Å². The number of hydrogen-bond donors (Lipinski definition) is 3. The van der Waals surface area contributed by atoms with E-state index in [-0.39, 0.29) is 11.3 Å². The van der Waals surface area contributed by atoms with E-state index in [9.17, 15) is 13.8 Å². The summed E-state index contributed by atoms with van der Waals surface area (Å²) < 4.78 is 12.4. The number of anilines is 2. The molecule has 0 bridgehead atoms. The van der Waals surface area contributed by atoms with Gasteiger partial charge in [-0.15, -0.1) is 0 Å². The van der Waals surface area contributed by atoms with E-state index < -0.39 is 21.5 Å². The molecule has 36 heavy (non-hydrogen) atoms. The zero-order valence-electron chi connectivity index (χ0n) is 18.7. The third-order valence-electron chi connectivity index (χ3n) is 5.16. The quantitative estimate of drug-likeness (QED) is 0.281. The summed E-state index contributed by atoms with van der Waals surface area (Å²) >= 11 is 11.9. The van der Waals surface area contributed by atoms with Gasteiger partial charge in [-0.05, 0) is 65.5 Å². The van der Waals surface area contributed by atoms with Crippen molar-refractivity contribution in [1.82, 2.24) is 4.98 Å². The van der Waals surface area contributed by atoms with Crippen LogP contribution in [-0.2, 0) is 9.71 Å². The topological polar surface area (TPSA) is 114 Å². The fraction of sp³-hybridized carbons (Fsp3) is 0. The summed E-state index contributed by atoms with van der Waals surface area (Å²) in [7, 11) is -2.93. The molecule has 3 aromatic carbocycles. The van der Waals surface area contributed by atoms with E-state index in [0.29, 0.717) is 31.9 Å². The zero-order valence-corrected chi connectivity index (χ0v) is 21.0. The Bertz CT molecular complexity index is 1560. The Morgan fingerprint density at radius 1 is 0.861 bits per heavy atom. The Morgan fingerprint density at radius 3 is 2.22 bits per heavy atom. The van der Waals surface area contributed by atoms with Gasteiger partial charge in [0.05, 0.1) is 30.9 Å². The molecule has 4 rings (SSSR count). The highest BCUT2D eigenvalue weighted by Gasteiger charge is 2.17. The number of pyridine rings is 1. The van der Waals surface area contributed by atoms with E-state index >= 15 is 0 Å². The number of rotatable bonds is 6. The molecule has 0 spiro atoms. The highest BCUT2D eigenvalue weighted by molar-refractivity contribution is 7.98. The van der Waals surface area contributed by atoms with E-state index in [0.717, 1.165) is 5.56 Å². The number of hydrogen-bond acceptors (Lipinski definition) is 4. The molecule has 182 valence electrons. The Hall–Kier alpha value is -3.69. The molecule has 1 atom stereocenters. The highest BCUT2D eigenvalue weighted by Crippen LogP contribution is 2.27. The lowest BCUT2D eigenvalue weighted by Gasteiger charge is -2.13. The van der Waals surface area contributed by atoms with Crippen LogP contribution in [0.1, 0.15) is 20.7 Å². The second kappa shape index (κ2) is 10.5. The average molecular weight is 539 g/mol. The number of amides is 2. The first kappa shape index (κ1) is 25.4.